The van der Waals surface area contributed by atoms with Gasteiger partial charge in [-0.05, 0) is 51.4 Å². The molecule has 4 nitrogen and oxygen atoms in total. The topological polar surface area (TPSA) is 41.6 Å². The van der Waals surface area contributed by atoms with E-state index in [9.17, 15) is 4.79 Å². The smallest absolute Gasteiger partial charge is 0.254 e. The van der Waals surface area contributed by atoms with Crippen LogP contribution >= 0.6 is 0 Å². The fourth-order valence-corrected chi connectivity index (χ4v) is 2.77. The normalized spacial score (nSPS) is 18.9. The van der Waals surface area contributed by atoms with Crippen molar-refractivity contribution in [1.82, 2.24) is 10.2 Å². The van der Waals surface area contributed by atoms with Gasteiger partial charge >= 0.3 is 0 Å². The van der Waals surface area contributed by atoms with Crippen LogP contribution in [0.3, 0.4) is 0 Å². The Morgan fingerprint density at radius 1 is 1.48 bits per heavy atom. The summed E-state index contributed by atoms with van der Waals surface area (Å²) in [5.74, 6) is 0.864. The van der Waals surface area contributed by atoms with E-state index in [0.29, 0.717) is 11.6 Å². The van der Waals surface area contributed by atoms with Gasteiger partial charge in [-0.15, -0.1) is 0 Å². The van der Waals surface area contributed by atoms with Crippen LogP contribution in [0.5, 0.6) is 5.75 Å². The van der Waals surface area contributed by atoms with Gasteiger partial charge in [0.25, 0.3) is 5.91 Å². The van der Waals surface area contributed by atoms with Gasteiger partial charge in [-0.25, -0.2) is 0 Å². The molecule has 0 aliphatic carbocycles. The van der Waals surface area contributed by atoms with Crippen LogP contribution in [0.4, 0.5) is 0 Å². The second kappa shape index (κ2) is 7.46. The van der Waals surface area contributed by atoms with Crippen molar-refractivity contribution in [2.45, 2.75) is 45.8 Å². The van der Waals surface area contributed by atoms with Gasteiger partial charge in [0.15, 0.2) is 0 Å². The predicted molar refractivity (Wildman–Crippen MR) is 84.8 cm³/mol. The molecule has 1 saturated heterocycles. The molecule has 1 fully saturated rings. The number of hydrogen-bond donors (Lipinski definition) is 1. The van der Waals surface area contributed by atoms with Crippen LogP contribution in [0.25, 0.3) is 0 Å². The largest absolute Gasteiger partial charge is 0.491 e. The van der Waals surface area contributed by atoms with Gasteiger partial charge in [0.2, 0.25) is 0 Å². The molecule has 1 unspecified atom stereocenters. The molecule has 1 aliphatic rings. The first-order valence-electron chi connectivity index (χ1n) is 7.89. The van der Waals surface area contributed by atoms with E-state index < -0.39 is 0 Å². The molecule has 21 heavy (non-hydrogen) atoms. The van der Waals surface area contributed by atoms with Crippen molar-refractivity contribution >= 4 is 5.91 Å². The van der Waals surface area contributed by atoms with Gasteiger partial charge in [0.1, 0.15) is 5.75 Å². The second-order valence-corrected chi connectivity index (χ2v) is 5.84. The fourth-order valence-electron chi connectivity index (χ4n) is 2.77. The van der Waals surface area contributed by atoms with E-state index in [4.69, 9.17) is 4.74 Å². The van der Waals surface area contributed by atoms with Gasteiger partial charge in [-0.2, -0.15) is 0 Å². The number of nitrogens with one attached hydrogen (secondary N) is 1. The first-order valence-corrected chi connectivity index (χ1v) is 7.89. The quantitative estimate of drug-likeness (QED) is 0.906. The SMILES string of the molecule is CCNC1CCCN(C(=O)c2cccc(OC(C)C)c2)C1. The molecule has 0 spiro atoms. The Kier molecular flexibility index (Phi) is 5.62. The molecule has 1 amide bonds. The number of carbonyl (C=O) groups excluding carboxylic acids is 1. The molecule has 1 atom stereocenters. The van der Waals surface area contributed by atoms with Crippen LogP contribution in [0.2, 0.25) is 0 Å². The zero-order valence-electron chi connectivity index (χ0n) is 13.3. The monoisotopic (exact) mass is 290 g/mol. The molecule has 1 N–H and O–H groups in total. The Balaban J connectivity index is 2.05. The number of amides is 1. The van der Waals surface area contributed by atoms with Crippen molar-refractivity contribution < 1.29 is 9.53 Å². The summed E-state index contributed by atoms with van der Waals surface area (Å²) >= 11 is 0. The molecule has 1 aliphatic heterocycles. The van der Waals surface area contributed by atoms with Gasteiger partial charge < -0.3 is 15.0 Å². The van der Waals surface area contributed by atoms with Crippen LogP contribution in [-0.4, -0.2) is 42.6 Å². The number of rotatable bonds is 5. The highest BCUT2D eigenvalue weighted by molar-refractivity contribution is 5.94. The molecule has 0 bridgehead atoms. The minimum atomic E-state index is 0.104. The summed E-state index contributed by atoms with van der Waals surface area (Å²) in [6.07, 6.45) is 2.32. The third kappa shape index (κ3) is 4.46. The number of ether oxygens (including phenoxy) is 1. The van der Waals surface area contributed by atoms with Gasteiger partial charge in [0, 0.05) is 24.7 Å². The first kappa shape index (κ1) is 15.8. The lowest BCUT2D eigenvalue weighted by molar-refractivity contribution is 0.0695. The third-order valence-electron chi connectivity index (χ3n) is 3.65. The molecule has 1 aromatic rings. The van der Waals surface area contributed by atoms with Crippen molar-refractivity contribution in [3.8, 4) is 5.75 Å². The summed E-state index contributed by atoms with van der Waals surface area (Å²) in [4.78, 5) is 14.6. The summed E-state index contributed by atoms with van der Waals surface area (Å²) in [5, 5.41) is 3.44. The lowest BCUT2D eigenvalue weighted by Crippen LogP contribution is -2.47. The number of nitrogens with zero attached hydrogens (tertiary/aromatic N) is 1. The highest BCUT2D eigenvalue weighted by Crippen LogP contribution is 2.18. The minimum Gasteiger partial charge on any atom is -0.491 e. The molecule has 116 valence electrons. The Morgan fingerprint density at radius 2 is 2.29 bits per heavy atom. The Morgan fingerprint density at radius 3 is 3.00 bits per heavy atom. The predicted octanol–water partition coefficient (Wildman–Crippen LogP) is 2.69. The minimum absolute atomic E-state index is 0.104. The fraction of sp³-hybridized carbons (Fsp3) is 0.588. The van der Waals surface area contributed by atoms with E-state index in [2.05, 4.69) is 12.2 Å². The van der Waals surface area contributed by atoms with Crippen molar-refractivity contribution in [3.05, 3.63) is 29.8 Å². The van der Waals surface area contributed by atoms with E-state index in [-0.39, 0.29) is 12.0 Å². The maximum atomic E-state index is 12.6. The van der Waals surface area contributed by atoms with Gasteiger partial charge in [-0.3, -0.25) is 4.79 Å². The van der Waals surface area contributed by atoms with Crippen LogP contribution in [0.15, 0.2) is 24.3 Å². The number of hydrogen-bond acceptors (Lipinski definition) is 3. The van der Waals surface area contributed by atoms with E-state index in [1.165, 1.54) is 0 Å². The third-order valence-corrected chi connectivity index (χ3v) is 3.65. The summed E-state index contributed by atoms with van der Waals surface area (Å²) in [7, 11) is 0. The average molecular weight is 290 g/mol. The average Bonchev–Trinajstić information content (AvgIpc) is 2.47. The first-order chi connectivity index (χ1) is 10.1. The molecule has 1 aromatic carbocycles. The summed E-state index contributed by atoms with van der Waals surface area (Å²) < 4.78 is 5.67. The van der Waals surface area contributed by atoms with Crippen molar-refractivity contribution in [1.29, 1.82) is 0 Å². The Bertz CT molecular complexity index is 472. The van der Waals surface area contributed by atoms with Crippen LogP contribution in [0.1, 0.15) is 44.0 Å². The van der Waals surface area contributed by atoms with E-state index in [1.54, 1.807) is 0 Å². The standard InChI is InChI=1S/C17H26N2O2/c1-4-18-15-8-6-10-19(12-15)17(20)14-7-5-9-16(11-14)21-13(2)3/h5,7,9,11,13,15,18H,4,6,8,10,12H2,1-3H3. The van der Waals surface area contributed by atoms with Gasteiger partial charge in [-0.1, -0.05) is 13.0 Å². The number of likely N-dealkylation sites (tertiary alicyclic amines) is 1. The number of likely N-dealkylation sites (N-methyl/N-ethyl adjacent to an activating group) is 1. The van der Waals surface area contributed by atoms with Gasteiger partial charge in [0.05, 0.1) is 6.10 Å². The molecule has 0 saturated carbocycles. The molecule has 0 aromatic heterocycles. The number of carbonyl (C=O) groups is 1. The maximum Gasteiger partial charge on any atom is 0.254 e. The highest BCUT2D eigenvalue weighted by Gasteiger charge is 2.24. The molecular formula is C17H26N2O2. The van der Waals surface area contributed by atoms with E-state index >= 15 is 0 Å². The van der Waals surface area contributed by atoms with Crippen molar-refractivity contribution in [2.24, 2.45) is 0 Å². The summed E-state index contributed by atoms with van der Waals surface area (Å²) in [6, 6.07) is 7.92. The molecule has 0 radical (unpaired) electrons. The van der Waals surface area contributed by atoms with E-state index in [0.717, 1.165) is 38.2 Å². The van der Waals surface area contributed by atoms with Crippen LogP contribution in [-0.2, 0) is 0 Å². The maximum absolute atomic E-state index is 12.6. The lowest BCUT2D eigenvalue weighted by atomic mass is 10.0. The van der Waals surface area contributed by atoms with E-state index in [1.807, 2.05) is 43.0 Å². The molecule has 4 heteroatoms. The van der Waals surface area contributed by atoms with Crippen molar-refractivity contribution in [3.63, 3.8) is 0 Å². The van der Waals surface area contributed by atoms with Crippen LogP contribution < -0.4 is 10.1 Å². The summed E-state index contributed by atoms with van der Waals surface area (Å²) in [6.45, 7) is 8.66. The molecule has 1 heterocycles. The molecule has 2 rings (SSSR count). The van der Waals surface area contributed by atoms with Crippen LogP contribution in [0, 0.1) is 0 Å². The zero-order chi connectivity index (χ0) is 15.2. The highest BCUT2D eigenvalue weighted by atomic mass is 16.5. The number of benzene rings is 1. The number of piperidine rings is 1. The lowest BCUT2D eigenvalue weighted by Gasteiger charge is -2.33. The zero-order valence-corrected chi connectivity index (χ0v) is 13.3. The molecular weight excluding hydrogens is 264 g/mol. The van der Waals surface area contributed by atoms with Crippen molar-refractivity contribution in [2.75, 3.05) is 19.6 Å². The second-order valence-electron chi connectivity index (χ2n) is 5.84. The Hall–Kier alpha value is -1.55. The summed E-state index contributed by atoms with van der Waals surface area (Å²) in [5.41, 5.74) is 0.713. The Labute approximate surface area is 127 Å².